The molecule has 2 N–H and O–H groups in total. The third-order valence-electron chi connectivity index (χ3n) is 2.06. The Morgan fingerprint density at radius 3 is 2.89 bits per heavy atom. The Hall–Kier alpha value is -1.69. The standard InChI is InChI=1S/C12H20N4O2/c1-4-14-11-8-13-7-10(16-11)12(17)15-5-6-18-9(2)3/h7-9H,4-6H2,1-3H3,(H,14,16)(H,15,17). The molecule has 0 aliphatic rings. The molecule has 1 aromatic rings. The SMILES string of the molecule is CCNc1cncc(C(=O)NCCOC(C)C)n1. The van der Waals surface area contributed by atoms with Crippen LogP contribution < -0.4 is 10.6 Å². The summed E-state index contributed by atoms with van der Waals surface area (Å²) in [5.41, 5.74) is 0.304. The molecule has 0 bridgehead atoms. The van der Waals surface area contributed by atoms with Crippen LogP contribution >= 0.6 is 0 Å². The molecule has 0 atom stereocenters. The molecule has 100 valence electrons. The Bertz CT molecular complexity index is 382. The van der Waals surface area contributed by atoms with E-state index in [1.807, 2.05) is 20.8 Å². The summed E-state index contributed by atoms with van der Waals surface area (Å²) in [5.74, 6) is 0.359. The normalized spacial score (nSPS) is 10.4. The van der Waals surface area contributed by atoms with Crippen molar-refractivity contribution >= 4 is 11.7 Å². The largest absolute Gasteiger partial charge is 0.377 e. The second-order valence-electron chi connectivity index (χ2n) is 4.00. The first-order valence-electron chi connectivity index (χ1n) is 6.09. The van der Waals surface area contributed by atoms with Crippen molar-refractivity contribution < 1.29 is 9.53 Å². The molecular weight excluding hydrogens is 232 g/mol. The van der Waals surface area contributed by atoms with Crippen molar-refractivity contribution in [3.63, 3.8) is 0 Å². The number of anilines is 1. The van der Waals surface area contributed by atoms with Crippen LogP contribution in [0.15, 0.2) is 12.4 Å². The zero-order valence-electron chi connectivity index (χ0n) is 11.1. The van der Waals surface area contributed by atoms with E-state index < -0.39 is 0 Å². The quantitative estimate of drug-likeness (QED) is 0.710. The minimum absolute atomic E-state index is 0.166. The van der Waals surface area contributed by atoms with Crippen LogP contribution in [-0.4, -0.2) is 41.7 Å². The van der Waals surface area contributed by atoms with Crippen molar-refractivity contribution in [1.82, 2.24) is 15.3 Å². The highest BCUT2D eigenvalue weighted by Gasteiger charge is 2.07. The maximum Gasteiger partial charge on any atom is 0.271 e. The van der Waals surface area contributed by atoms with Gasteiger partial charge in [0.05, 0.1) is 25.1 Å². The van der Waals surface area contributed by atoms with Gasteiger partial charge in [-0.05, 0) is 20.8 Å². The third-order valence-corrected chi connectivity index (χ3v) is 2.06. The second kappa shape index (κ2) is 7.60. The van der Waals surface area contributed by atoms with Gasteiger partial charge in [0.2, 0.25) is 0 Å². The van der Waals surface area contributed by atoms with Crippen LogP contribution in [0, 0.1) is 0 Å². The predicted molar refractivity (Wildman–Crippen MR) is 69.6 cm³/mol. The Morgan fingerprint density at radius 2 is 2.22 bits per heavy atom. The van der Waals surface area contributed by atoms with Gasteiger partial charge in [-0.3, -0.25) is 9.78 Å². The molecule has 0 spiro atoms. The van der Waals surface area contributed by atoms with Crippen molar-refractivity contribution in [2.24, 2.45) is 0 Å². The number of rotatable bonds is 7. The van der Waals surface area contributed by atoms with Crippen LogP contribution in [0.4, 0.5) is 5.82 Å². The Balaban J connectivity index is 2.43. The summed E-state index contributed by atoms with van der Waals surface area (Å²) in [6.45, 7) is 7.55. The van der Waals surface area contributed by atoms with Crippen molar-refractivity contribution in [1.29, 1.82) is 0 Å². The van der Waals surface area contributed by atoms with E-state index in [2.05, 4.69) is 20.6 Å². The maximum atomic E-state index is 11.7. The molecule has 1 rings (SSSR count). The highest BCUT2D eigenvalue weighted by Crippen LogP contribution is 2.01. The van der Waals surface area contributed by atoms with Gasteiger partial charge in [0.15, 0.2) is 0 Å². The van der Waals surface area contributed by atoms with Crippen LogP contribution in [0.25, 0.3) is 0 Å². The first kappa shape index (κ1) is 14.4. The Kier molecular flexibility index (Phi) is 6.07. The summed E-state index contributed by atoms with van der Waals surface area (Å²) in [5, 5.41) is 5.74. The van der Waals surface area contributed by atoms with Crippen LogP contribution in [0.3, 0.4) is 0 Å². The fraction of sp³-hybridized carbons (Fsp3) is 0.583. The monoisotopic (exact) mass is 252 g/mol. The molecule has 18 heavy (non-hydrogen) atoms. The number of aromatic nitrogens is 2. The zero-order valence-corrected chi connectivity index (χ0v) is 11.1. The fourth-order valence-corrected chi connectivity index (χ4v) is 1.29. The number of ether oxygens (including phenoxy) is 1. The van der Waals surface area contributed by atoms with Crippen molar-refractivity contribution in [2.75, 3.05) is 25.0 Å². The molecular formula is C12H20N4O2. The van der Waals surface area contributed by atoms with E-state index >= 15 is 0 Å². The molecule has 1 heterocycles. The average molecular weight is 252 g/mol. The van der Waals surface area contributed by atoms with Gasteiger partial charge in [-0.25, -0.2) is 4.98 Å². The van der Waals surface area contributed by atoms with Gasteiger partial charge in [0, 0.05) is 13.1 Å². The summed E-state index contributed by atoms with van der Waals surface area (Å²) < 4.78 is 5.33. The van der Waals surface area contributed by atoms with Crippen LogP contribution in [0.1, 0.15) is 31.3 Å². The van der Waals surface area contributed by atoms with Crippen LogP contribution in [0.5, 0.6) is 0 Å². The molecule has 0 aromatic carbocycles. The van der Waals surface area contributed by atoms with Gasteiger partial charge in [-0.15, -0.1) is 0 Å². The minimum atomic E-state index is -0.241. The lowest BCUT2D eigenvalue weighted by atomic mass is 10.4. The average Bonchev–Trinajstić information content (AvgIpc) is 2.35. The van der Waals surface area contributed by atoms with E-state index in [0.29, 0.717) is 24.7 Å². The lowest BCUT2D eigenvalue weighted by Crippen LogP contribution is -2.29. The van der Waals surface area contributed by atoms with Gasteiger partial charge in [-0.2, -0.15) is 0 Å². The zero-order chi connectivity index (χ0) is 13.4. The minimum Gasteiger partial charge on any atom is -0.377 e. The summed E-state index contributed by atoms with van der Waals surface area (Å²) in [6, 6.07) is 0. The van der Waals surface area contributed by atoms with Crippen LogP contribution in [0.2, 0.25) is 0 Å². The molecule has 6 heteroatoms. The van der Waals surface area contributed by atoms with E-state index in [0.717, 1.165) is 6.54 Å². The maximum absolute atomic E-state index is 11.7. The summed E-state index contributed by atoms with van der Waals surface area (Å²) >= 11 is 0. The van der Waals surface area contributed by atoms with Gasteiger partial charge in [0.1, 0.15) is 11.5 Å². The van der Waals surface area contributed by atoms with E-state index in [-0.39, 0.29) is 12.0 Å². The number of nitrogens with zero attached hydrogens (tertiary/aromatic N) is 2. The smallest absolute Gasteiger partial charge is 0.271 e. The Labute approximate surface area is 107 Å². The third kappa shape index (κ3) is 5.09. The molecule has 1 amide bonds. The highest BCUT2D eigenvalue weighted by molar-refractivity contribution is 5.92. The van der Waals surface area contributed by atoms with Crippen LogP contribution in [-0.2, 0) is 4.74 Å². The van der Waals surface area contributed by atoms with E-state index in [1.54, 1.807) is 6.20 Å². The number of hydrogen-bond donors (Lipinski definition) is 2. The first-order valence-corrected chi connectivity index (χ1v) is 6.09. The number of carbonyl (C=O) groups is 1. The van der Waals surface area contributed by atoms with Gasteiger partial charge < -0.3 is 15.4 Å². The molecule has 0 aliphatic heterocycles. The first-order chi connectivity index (χ1) is 8.63. The molecule has 0 unspecified atom stereocenters. The lowest BCUT2D eigenvalue weighted by molar-refractivity contribution is 0.0745. The molecule has 1 aromatic heterocycles. The van der Waals surface area contributed by atoms with Gasteiger partial charge in [0.25, 0.3) is 5.91 Å². The van der Waals surface area contributed by atoms with E-state index in [1.165, 1.54) is 6.20 Å². The molecule has 0 saturated carbocycles. The number of carbonyl (C=O) groups excluding carboxylic acids is 1. The number of amides is 1. The molecule has 0 aliphatic carbocycles. The summed E-state index contributed by atoms with van der Waals surface area (Å²) in [4.78, 5) is 19.9. The molecule has 6 nitrogen and oxygen atoms in total. The number of hydrogen-bond acceptors (Lipinski definition) is 5. The van der Waals surface area contributed by atoms with Crippen molar-refractivity contribution in [3.8, 4) is 0 Å². The van der Waals surface area contributed by atoms with Gasteiger partial charge >= 0.3 is 0 Å². The Morgan fingerprint density at radius 1 is 1.44 bits per heavy atom. The second-order valence-corrected chi connectivity index (χ2v) is 4.00. The van der Waals surface area contributed by atoms with E-state index in [4.69, 9.17) is 4.74 Å². The fourth-order valence-electron chi connectivity index (χ4n) is 1.29. The van der Waals surface area contributed by atoms with Crippen molar-refractivity contribution in [2.45, 2.75) is 26.9 Å². The lowest BCUT2D eigenvalue weighted by Gasteiger charge is -2.08. The van der Waals surface area contributed by atoms with E-state index in [9.17, 15) is 4.79 Å². The topological polar surface area (TPSA) is 76.1 Å². The molecule has 0 fully saturated rings. The number of nitrogens with one attached hydrogen (secondary N) is 2. The predicted octanol–water partition coefficient (Wildman–Crippen LogP) is 1.06. The van der Waals surface area contributed by atoms with Gasteiger partial charge in [-0.1, -0.05) is 0 Å². The highest BCUT2D eigenvalue weighted by atomic mass is 16.5. The molecule has 0 radical (unpaired) electrons. The van der Waals surface area contributed by atoms with Crippen molar-refractivity contribution in [3.05, 3.63) is 18.1 Å². The summed E-state index contributed by atoms with van der Waals surface area (Å²) in [6.07, 6.45) is 3.19. The summed E-state index contributed by atoms with van der Waals surface area (Å²) in [7, 11) is 0. The molecule has 0 saturated heterocycles.